The Labute approximate surface area is 85.1 Å². The fourth-order valence-electron chi connectivity index (χ4n) is 1.84. The van der Waals surface area contributed by atoms with E-state index in [0.717, 1.165) is 24.0 Å². The van der Waals surface area contributed by atoms with Gasteiger partial charge in [-0.05, 0) is 35.3 Å². The molecule has 0 radical (unpaired) electrons. The van der Waals surface area contributed by atoms with E-state index in [-0.39, 0.29) is 11.2 Å². The molecule has 0 nitrogen and oxygen atoms in total. The minimum absolute atomic E-state index is 0.0301. The van der Waals surface area contributed by atoms with Gasteiger partial charge in [0.25, 0.3) is 0 Å². The van der Waals surface area contributed by atoms with Crippen molar-refractivity contribution >= 4 is 0 Å². The minimum atomic E-state index is -0.0883. The zero-order valence-electron chi connectivity index (χ0n) is 9.10. The van der Waals surface area contributed by atoms with Crippen LogP contribution in [0.15, 0.2) is 18.2 Å². The van der Waals surface area contributed by atoms with Gasteiger partial charge in [0.2, 0.25) is 0 Å². The Kier molecular flexibility index (Phi) is 2.13. The molecule has 0 aromatic heterocycles. The van der Waals surface area contributed by atoms with Gasteiger partial charge in [-0.15, -0.1) is 0 Å². The van der Waals surface area contributed by atoms with Crippen molar-refractivity contribution in [3.05, 3.63) is 35.1 Å². The van der Waals surface area contributed by atoms with E-state index in [1.165, 1.54) is 0 Å². The molecule has 0 aliphatic heterocycles. The van der Waals surface area contributed by atoms with Crippen LogP contribution in [0.4, 0.5) is 4.39 Å². The molecule has 0 spiro atoms. The maximum Gasteiger partial charge on any atom is 0.130 e. The van der Waals surface area contributed by atoms with E-state index in [0.29, 0.717) is 5.92 Å². The lowest BCUT2D eigenvalue weighted by molar-refractivity contribution is 0.515. The summed E-state index contributed by atoms with van der Waals surface area (Å²) in [5, 5.41) is 0. The number of rotatable bonds is 1. The Hall–Kier alpha value is -0.850. The van der Waals surface area contributed by atoms with Crippen molar-refractivity contribution in [1.29, 1.82) is 0 Å². The van der Waals surface area contributed by atoms with Crippen LogP contribution in [0.2, 0.25) is 0 Å². The van der Waals surface area contributed by atoms with Crippen molar-refractivity contribution in [3.63, 3.8) is 0 Å². The Balaban J connectivity index is 2.46. The Morgan fingerprint density at radius 3 is 2.36 bits per heavy atom. The first-order valence-electron chi connectivity index (χ1n) is 5.29. The highest BCUT2D eigenvalue weighted by Crippen LogP contribution is 2.42. The molecule has 0 unspecified atom stereocenters. The third kappa shape index (κ3) is 1.68. The van der Waals surface area contributed by atoms with Crippen molar-refractivity contribution in [2.45, 2.75) is 44.9 Å². The van der Waals surface area contributed by atoms with Crippen LogP contribution in [0.25, 0.3) is 0 Å². The van der Waals surface area contributed by atoms with Crippen LogP contribution in [0.1, 0.15) is 50.7 Å². The summed E-state index contributed by atoms with van der Waals surface area (Å²) in [7, 11) is 0. The summed E-state index contributed by atoms with van der Waals surface area (Å²) < 4.78 is 14.1. The Bertz CT molecular complexity index is 343. The van der Waals surface area contributed by atoms with Crippen LogP contribution >= 0.6 is 0 Å². The van der Waals surface area contributed by atoms with Crippen molar-refractivity contribution in [1.82, 2.24) is 0 Å². The second-order valence-electron chi connectivity index (χ2n) is 5.23. The quantitative estimate of drug-likeness (QED) is 0.631. The summed E-state index contributed by atoms with van der Waals surface area (Å²) in [5.74, 6) is 0.528. The van der Waals surface area contributed by atoms with Crippen molar-refractivity contribution in [2.75, 3.05) is 0 Å². The summed E-state index contributed by atoms with van der Waals surface area (Å²) in [5.41, 5.74) is 1.69. The zero-order valence-corrected chi connectivity index (χ0v) is 9.10. The predicted octanol–water partition coefficient (Wildman–Crippen LogP) is 4.00. The lowest BCUT2D eigenvalue weighted by Crippen LogP contribution is -2.14. The van der Waals surface area contributed by atoms with E-state index in [4.69, 9.17) is 0 Å². The summed E-state index contributed by atoms with van der Waals surface area (Å²) >= 11 is 0. The largest absolute Gasteiger partial charge is 0.206 e. The van der Waals surface area contributed by atoms with Gasteiger partial charge in [-0.3, -0.25) is 0 Å². The molecule has 1 aliphatic carbocycles. The molecule has 0 atom stereocenters. The van der Waals surface area contributed by atoms with E-state index in [9.17, 15) is 4.39 Å². The van der Waals surface area contributed by atoms with Gasteiger partial charge < -0.3 is 0 Å². The van der Waals surface area contributed by atoms with Crippen LogP contribution in [0.5, 0.6) is 0 Å². The van der Waals surface area contributed by atoms with Crippen molar-refractivity contribution < 1.29 is 4.39 Å². The summed E-state index contributed by atoms with van der Waals surface area (Å²) in [6.07, 6.45) is 2.31. The lowest BCUT2D eigenvalue weighted by Gasteiger charge is -2.21. The highest BCUT2D eigenvalue weighted by Gasteiger charge is 2.29. The van der Waals surface area contributed by atoms with Gasteiger partial charge in [-0.25, -0.2) is 4.39 Å². The molecule has 1 aromatic rings. The van der Waals surface area contributed by atoms with Gasteiger partial charge in [0.1, 0.15) is 5.82 Å². The van der Waals surface area contributed by atoms with Gasteiger partial charge in [0.15, 0.2) is 0 Å². The van der Waals surface area contributed by atoms with Crippen molar-refractivity contribution in [2.24, 2.45) is 0 Å². The first kappa shape index (κ1) is 9.70. The second-order valence-corrected chi connectivity index (χ2v) is 5.23. The Morgan fingerprint density at radius 2 is 1.86 bits per heavy atom. The topological polar surface area (TPSA) is 0 Å². The fraction of sp³-hybridized carbons (Fsp3) is 0.538. The van der Waals surface area contributed by atoms with Gasteiger partial charge in [-0.2, -0.15) is 0 Å². The molecule has 1 saturated carbocycles. The number of hydrogen-bond donors (Lipinski definition) is 0. The molecule has 1 fully saturated rings. The zero-order chi connectivity index (χ0) is 10.3. The van der Waals surface area contributed by atoms with E-state index >= 15 is 0 Å². The molecule has 2 rings (SSSR count). The SMILES string of the molecule is CC(C)(C)c1cccc(C2CC2)c1F. The molecule has 1 aliphatic rings. The molecule has 0 heterocycles. The molecule has 0 N–H and O–H groups in total. The standard InChI is InChI=1S/C13H17F/c1-13(2,3)11-6-4-5-10(12(11)14)9-7-8-9/h4-6,9H,7-8H2,1-3H3. The smallest absolute Gasteiger partial charge is 0.130 e. The predicted molar refractivity (Wildman–Crippen MR) is 57.1 cm³/mol. The van der Waals surface area contributed by atoms with Crippen LogP contribution in [-0.2, 0) is 5.41 Å². The van der Waals surface area contributed by atoms with Gasteiger partial charge in [0, 0.05) is 0 Å². The third-order valence-corrected chi connectivity index (χ3v) is 2.85. The first-order valence-corrected chi connectivity index (χ1v) is 5.29. The summed E-state index contributed by atoms with van der Waals surface area (Å²) in [6.45, 7) is 6.17. The summed E-state index contributed by atoms with van der Waals surface area (Å²) in [4.78, 5) is 0. The van der Waals surface area contributed by atoms with Crippen LogP contribution in [0.3, 0.4) is 0 Å². The lowest BCUT2D eigenvalue weighted by atomic mass is 9.85. The van der Waals surface area contributed by atoms with E-state index in [2.05, 4.69) is 20.8 Å². The minimum Gasteiger partial charge on any atom is -0.206 e. The van der Waals surface area contributed by atoms with E-state index in [1.54, 1.807) is 0 Å². The normalized spacial score (nSPS) is 17.1. The van der Waals surface area contributed by atoms with E-state index in [1.807, 2.05) is 18.2 Å². The maximum atomic E-state index is 14.1. The van der Waals surface area contributed by atoms with Crippen LogP contribution in [-0.4, -0.2) is 0 Å². The fourth-order valence-corrected chi connectivity index (χ4v) is 1.84. The number of benzene rings is 1. The molecule has 1 heteroatoms. The van der Waals surface area contributed by atoms with Gasteiger partial charge >= 0.3 is 0 Å². The molecule has 76 valence electrons. The highest BCUT2D eigenvalue weighted by atomic mass is 19.1. The molecule has 1 aromatic carbocycles. The molecule has 14 heavy (non-hydrogen) atoms. The Morgan fingerprint density at radius 1 is 1.21 bits per heavy atom. The highest BCUT2D eigenvalue weighted by molar-refractivity contribution is 5.34. The maximum absolute atomic E-state index is 14.1. The first-order chi connectivity index (χ1) is 6.50. The van der Waals surface area contributed by atoms with Crippen LogP contribution < -0.4 is 0 Å². The summed E-state index contributed by atoms with van der Waals surface area (Å²) in [6, 6.07) is 5.82. The van der Waals surface area contributed by atoms with E-state index < -0.39 is 0 Å². The average Bonchev–Trinajstić information content (AvgIpc) is 2.85. The third-order valence-electron chi connectivity index (χ3n) is 2.85. The average molecular weight is 192 g/mol. The molecule has 0 saturated heterocycles. The van der Waals surface area contributed by atoms with Gasteiger partial charge in [-0.1, -0.05) is 39.0 Å². The molecule has 0 amide bonds. The molecular weight excluding hydrogens is 175 g/mol. The van der Waals surface area contributed by atoms with Gasteiger partial charge in [0.05, 0.1) is 0 Å². The molecular formula is C13H17F. The second kappa shape index (κ2) is 3.08. The number of halogens is 1. The number of hydrogen-bond acceptors (Lipinski definition) is 0. The monoisotopic (exact) mass is 192 g/mol. The molecule has 0 bridgehead atoms. The van der Waals surface area contributed by atoms with Crippen LogP contribution in [0, 0.1) is 5.82 Å². The van der Waals surface area contributed by atoms with Crippen molar-refractivity contribution in [3.8, 4) is 0 Å².